The van der Waals surface area contributed by atoms with Crippen molar-refractivity contribution < 1.29 is 52.2 Å². The van der Waals surface area contributed by atoms with E-state index >= 15 is 0 Å². The summed E-state index contributed by atoms with van der Waals surface area (Å²) in [4.78, 5) is 22.9. The molecular weight excluding hydrogens is 646 g/mol. The van der Waals surface area contributed by atoms with Gasteiger partial charge in [-0.05, 0) is 46.5 Å². The first-order chi connectivity index (χ1) is 24.8. The van der Waals surface area contributed by atoms with E-state index in [0.717, 1.165) is 6.29 Å². The second-order valence-corrected chi connectivity index (χ2v) is 11.1. The molecule has 3 aromatic carbocycles. The maximum atomic E-state index is 12.2. The Morgan fingerprint density at radius 1 is 0.540 bits per heavy atom. The lowest BCUT2D eigenvalue weighted by Gasteiger charge is -2.14. The van der Waals surface area contributed by atoms with Crippen LogP contribution in [0, 0.1) is 0 Å². The summed E-state index contributed by atoms with van der Waals surface area (Å²) in [6, 6.07) is 23.4. The molecule has 0 bridgehead atoms. The monoisotopic (exact) mass is 695 g/mol. The lowest BCUT2D eigenvalue weighted by atomic mass is 9.98. The highest BCUT2D eigenvalue weighted by molar-refractivity contribution is 5.79. The minimum Gasteiger partial charge on any atom is -0.491 e. The molecule has 272 valence electrons. The maximum Gasteiger partial charge on any atom is 0.407 e. The highest BCUT2D eigenvalue weighted by Crippen LogP contribution is 2.44. The Kier molecular flexibility index (Phi) is 18.9. The van der Waals surface area contributed by atoms with Crippen molar-refractivity contribution in [3.8, 4) is 16.9 Å². The van der Waals surface area contributed by atoms with E-state index in [4.69, 9.17) is 42.6 Å². The van der Waals surface area contributed by atoms with Crippen LogP contribution in [0.25, 0.3) is 11.1 Å². The third-order valence-electron chi connectivity index (χ3n) is 7.60. The van der Waals surface area contributed by atoms with Crippen molar-refractivity contribution in [3.05, 3.63) is 89.5 Å². The molecule has 0 atom stereocenters. The Hall–Kier alpha value is -3.88. The molecule has 0 heterocycles. The molecule has 0 saturated carbocycles. The molecule has 0 unspecified atom stereocenters. The Morgan fingerprint density at radius 2 is 0.960 bits per heavy atom. The number of aldehydes is 1. The summed E-state index contributed by atoms with van der Waals surface area (Å²) < 4.78 is 49.5. The van der Waals surface area contributed by atoms with Crippen molar-refractivity contribution in [3.63, 3.8) is 0 Å². The Morgan fingerprint density at radius 3 is 1.42 bits per heavy atom. The van der Waals surface area contributed by atoms with E-state index in [1.807, 2.05) is 24.3 Å². The molecule has 50 heavy (non-hydrogen) atoms. The van der Waals surface area contributed by atoms with Crippen LogP contribution < -0.4 is 10.1 Å². The van der Waals surface area contributed by atoms with E-state index in [9.17, 15) is 9.59 Å². The standard InChI is InChI=1S/C38H49NO11/c40-29-31-9-11-32(12-10-31)49-28-27-48-26-25-47-24-23-46-22-21-45-20-19-44-18-17-43-16-15-42-14-13-39-38(41)50-30-37-35-7-3-1-5-33(35)34-6-2-4-8-36(34)37/h1-12,29,37H,13-28,30H2,(H,39,41). The minimum atomic E-state index is -0.454. The fraction of sp³-hybridized carbons (Fsp3) is 0.474. The van der Waals surface area contributed by atoms with Gasteiger partial charge in [-0.15, -0.1) is 0 Å². The van der Waals surface area contributed by atoms with Gasteiger partial charge in [-0.25, -0.2) is 4.79 Å². The number of hydrogen-bond acceptors (Lipinski definition) is 11. The van der Waals surface area contributed by atoms with Crippen molar-refractivity contribution in [1.82, 2.24) is 5.32 Å². The van der Waals surface area contributed by atoms with Gasteiger partial charge in [0.1, 0.15) is 25.2 Å². The second-order valence-electron chi connectivity index (χ2n) is 11.1. The summed E-state index contributed by atoms with van der Waals surface area (Å²) in [6.07, 6.45) is 0.342. The number of benzene rings is 3. The zero-order chi connectivity index (χ0) is 34.9. The van der Waals surface area contributed by atoms with Gasteiger partial charge in [-0.3, -0.25) is 4.79 Å². The van der Waals surface area contributed by atoms with Crippen LogP contribution in [0.2, 0.25) is 0 Å². The molecule has 0 fully saturated rings. The third-order valence-corrected chi connectivity index (χ3v) is 7.60. The summed E-state index contributed by atoms with van der Waals surface area (Å²) in [6.45, 7) is 7.50. The van der Waals surface area contributed by atoms with Crippen LogP contribution in [0.3, 0.4) is 0 Å². The molecule has 1 aliphatic carbocycles. The molecule has 1 aliphatic rings. The second kappa shape index (κ2) is 24.3. The van der Waals surface area contributed by atoms with Gasteiger partial charge in [0.15, 0.2) is 0 Å². The highest BCUT2D eigenvalue weighted by Gasteiger charge is 2.28. The molecule has 1 N–H and O–H groups in total. The van der Waals surface area contributed by atoms with Gasteiger partial charge >= 0.3 is 6.09 Å². The molecule has 0 saturated heterocycles. The maximum absolute atomic E-state index is 12.2. The fourth-order valence-corrected chi connectivity index (χ4v) is 5.16. The van der Waals surface area contributed by atoms with Crippen LogP contribution in [-0.2, 0) is 37.9 Å². The number of ether oxygens (including phenoxy) is 9. The van der Waals surface area contributed by atoms with Gasteiger partial charge < -0.3 is 47.9 Å². The topological polar surface area (TPSA) is 129 Å². The molecule has 0 aromatic heterocycles. The van der Waals surface area contributed by atoms with E-state index in [1.54, 1.807) is 24.3 Å². The Labute approximate surface area is 294 Å². The first-order valence-electron chi connectivity index (χ1n) is 17.1. The number of alkyl carbamates (subject to hydrolysis) is 1. The number of nitrogens with one attached hydrogen (secondary N) is 1. The molecular formula is C38H49NO11. The van der Waals surface area contributed by atoms with Gasteiger partial charge in [0.25, 0.3) is 0 Å². The number of carbonyl (C=O) groups is 2. The lowest BCUT2D eigenvalue weighted by Crippen LogP contribution is -2.29. The number of amides is 1. The first-order valence-corrected chi connectivity index (χ1v) is 17.1. The molecule has 0 spiro atoms. The van der Waals surface area contributed by atoms with Crippen LogP contribution in [0.1, 0.15) is 27.4 Å². The lowest BCUT2D eigenvalue weighted by molar-refractivity contribution is -0.0211. The summed E-state index contributed by atoms with van der Waals surface area (Å²) in [7, 11) is 0. The first kappa shape index (κ1) is 38.9. The van der Waals surface area contributed by atoms with E-state index in [-0.39, 0.29) is 12.5 Å². The van der Waals surface area contributed by atoms with E-state index in [1.165, 1.54) is 22.3 Å². The van der Waals surface area contributed by atoms with Crippen LogP contribution in [0.4, 0.5) is 4.79 Å². The van der Waals surface area contributed by atoms with Crippen LogP contribution in [0.5, 0.6) is 5.75 Å². The van der Waals surface area contributed by atoms with E-state index in [2.05, 4.69) is 29.6 Å². The van der Waals surface area contributed by atoms with Gasteiger partial charge in [0.05, 0.1) is 92.5 Å². The van der Waals surface area contributed by atoms with Crippen LogP contribution in [-0.4, -0.2) is 125 Å². The summed E-state index contributed by atoms with van der Waals surface area (Å²) in [5, 5.41) is 2.74. The van der Waals surface area contributed by atoms with Gasteiger partial charge in [0, 0.05) is 18.0 Å². The van der Waals surface area contributed by atoms with Crippen LogP contribution in [0.15, 0.2) is 72.8 Å². The molecule has 12 nitrogen and oxygen atoms in total. The molecule has 0 aliphatic heterocycles. The molecule has 3 aromatic rings. The smallest absolute Gasteiger partial charge is 0.407 e. The molecule has 12 heteroatoms. The predicted molar refractivity (Wildman–Crippen MR) is 186 cm³/mol. The summed E-state index contributed by atoms with van der Waals surface area (Å²) in [5.41, 5.74) is 5.38. The summed E-state index contributed by atoms with van der Waals surface area (Å²) >= 11 is 0. The number of hydrogen-bond donors (Lipinski definition) is 1. The molecule has 1 amide bonds. The zero-order valence-corrected chi connectivity index (χ0v) is 28.6. The van der Waals surface area contributed by atoms with Crippen LogP contribution >= 0.6 is 0 Å². The van der Waals surface area contributed by atoms with Crippen molar-refractivity contribution in [2.75, 3.05) is 112 Å². The van der Waals surface area contributed by atoms with Gasteiger partial charge in [0.2, 0.25) is 0 Å². The predicted octanol–water partition coefficient (Wildman–Crippen LogP) is 4.53. The van der Waals surface area contributed by atoms with Gasteiger partial charge in [-0.1, -0.05) is 48.5 Å². The fourth-order valence-electron chi connectivity index (χ4n) is 5.16. The number of rotatable bonds is 28. The SMILES string of the molecule is O=Cc1ccc(OCCOCCOCCOCCOCCOCCOCCOCCNC(=O)OCC2c3ccccc3-c3ccccc32)cc1. The highest BCUT2D eigenvalue weighted by atomic mass is 16.6. The largest absolute Gasteiger partial charge is 0.491 e. The number of carbonyl (C=O) groups excluding carboxylic acids is 2. The van der Waals surface area contributed by atoms with Crippen molar-refractivity contribution in [1.29, 1.82) is 0 Å². The number of fused-ring (bicyclic) bond motifs is 3. The average molecular weight is 696 g/mol. The Balaban J connectivity index is 0.829. The summed E-state index contributed by atoms with van der Waals surface area (Å²) in [5.74, 6) is 0.735. The van der Waals surface area contributed by atoms with Gasteiger partial charge in [-0.2, -0.15) is 0 Å². The zero-order valence-electron chi connectivity index (χ0n) is 28.6. The molecule has 4 rings (SSSR count). The van der Waals surface area contributed by atoms with Crippen molar-refractivity contribution >= 4 is 12.4 Å². The minimum absolute atomic E-state index is 0.0357. The average Bonchev–Trinajstić information content (AvgIpc) is 3.47. The van der Waals surface area contributed by atoms with E-state index in [0.29, 0.717) is 117 Å². The van der Waals surface area contributed by atoms with Crippen molar-refractivity contribution in [2.45, 2.75) is 5.92 Å². The van der Waals surface area contributed by atoms with E-state index < -0.39 is 6.09 Å². The van der Waals surface area contributed by atoms with Crippen molar-refractivity contribution in [2.24, 2.45) is 0 Å². The normalized spacial score (nSPS) is 12.0. The quantitative estimate of drug-likeness (QED) is 0.0850. The third kappa shape index (κ3) is 14.5. The Bertz CT molecular complexity index is 1330. The molecule has 0 radical (unpaired) electrons.